The van der Waals surface area contributed by atoms with Crippen molar-refractivity contribution in [2.45, 2.75) is 39.7 Å². The summed E-state index contributed by atoms with van der Waals surface area (Å²) in [7, 11) is 0. The Hall–Kier alpha value is -2.41. The fourth-order valence-corrected chi connectivity index (χ4v) is 4.84. The topological polar surface area (TPSA) is 61.7 Å². The quantitative estimate of drug-likeness (QED) is 0.755. The van der Waals surface area contributed by atoms with Crippen molar-refractivity contribution in [3.63, 3.8) is 0 Å². The van der Waals surface area contributed by atoms with Crippen LogP contribution in [-0.4, -0.2) is 71.1 Å². The number of fused-ring (bicyclic) bond motifs is 1. The lowest BCUT2D eigenvalue weighted by atomic mass is 9.96. The number of nitrogens with zero attached hydrogens (tertiary/aromatic N) is 5. The number of benzene rings is 1. The molecule has 0 saturated carbocycles. The maximum atomic E-state index is 13.2. The summed E-state index contributed by atoms with van der Waals surface area (Å²) < 4.78 is 1.79. The second kappa shape index (κ2) is 9.16. The second-order valence-electron chi connectivity index (χ2n) is 8.43. The first-order chi connectivity index (χ1) is 14.6. The lowest BCUT2D eigenvalue weighted by Gasteiger charge is -2.39. The molecule has 4 rings (SSSR count). The molecule has 0 aliphatic carbocycles. The SMILES string of the molecule is CCCN1CCN(C(=O)[C@H]2CCCN(c3nc4ccccc4n(CC)c3=O)C2)CC1. The highest BCUT2D eigenvalue weighted by Gasteiger charge is 2.32. The lowest BCUT2D eigenvalue weighted by molar-refractivity contribution is -0.137. The molecule has 0 spiro atoms. The number of para-hydroxylation sites is 2. The van der Waals surface area contributed by atoms with Gasteiger partial charge in [0, 0.05) is 45.8 Å². The van der Waals surface area contributed by atoms with Gasteiger partial charge in [-0.1, -0.05) is 19.1 Å². The van der Waals surface area contributed by atoms with Gasteiger partial charge < -0.3 is 14.4 Å². The Bertz CT molecular complexity index is 948. The number of rotatable bonds is 5. The van der Waals surface area contributed by atoms with Crippen LogP contribution in [0.5, 0.6) is 0 Å². The second-order valence-corrected chi connectivity index (χ2v) is 8.43. The molecule has 2 fully saturated rings. The molecular formula is C23H33N5O2. The zero-order chi connectivity index (χ0) is 21.1. The van der Waals surface area contributed by atoms with E-state index in [1.54, 1.807) is 4.57 Å². The zero-order valence-corrected chi connectivity index (χ0v) is 18.2. The molecule has 7 nitrogen and oxygen atoms in total. The standard InChI is InChI=1S/C23H33N5O2/c1-3-11-25-13-15-26(16-14-25)22(29)18-8-7-12-27(17-18)21-23(30)28(4-2)20-10-6-5-9-19(20)24-21/h5-6,9-10,18H,3-4,7-8,11-17H2,1-2H3/t18-/m0/s1. The molecule has 30 heavy (non-hydrogen) atoms. The minimum Gasteiger partial charge on any atom is -0.351 e. The molecule has 2 aliphatic heterocycles. The highest BCUT2D eigenvalue weighted by molar-refractivity contribution is 5.80. The predicted octanol–water partition coefficient (Wildman–Crippen LogP) is 2.19. The van der Waals surface area contributed by atoms with Crippen molar-refractivity contribution >= 4 is 22.8 Å². The van der Waals surface area contributed by atoms with Crippen LogP contribution in [0, 0.1) is 5.92 Å². The Labute approximate surface area is 178 Å². The first kappa shape index (κ1) is 20.8. The van der Waals surface area contributed by atoms with Crippen molar-refractivity contribution in [3.05, 3.63) is 34.6 Å². The van der Waals surface area contributed by atoms with Crippen molar-refractivity contribution in [3.8, 4) is 0 Å². The first-order valence-corrected chi connectivity index (χ1v) is 11.4. The summed E-state index contributed by atoms with van der Waals surface area (Å²) in [6.07, 6.45) is 2.95. The number of piperidine rings is 1. The van der Waals surface area contributed by atoms with E-state index in [1.807, 2.05) is 41.0 Å². The Kier molecular flexibility index (Phi) is 6.37. The van der Waals surface area contributed by atoms with Gasteiger partial charge in [0.2, 0.25) is 5.91 Å². The molecule has 0 unspecified atom stereocenters. The van der Waals surface area contributed by atoms with E-state index < -0.39 is 0 Å². The van der Waals surface area contributed by atoms with Gasteiger partial charge in [0.15, 0.2) is 5.82 Å². The molecule has 1 aromatic carbocycles. The predicted molar refractivity (Wildman–Crippen MR) is 120 cm³/mol. The monoisotopic (exact) mass is 411 g/mol. The summed E-state index contributed by atoms with van der Waals surface area (Å²) in [5, 5.41) is 0. The third-order valence-electron chi connectivity index (χ3n) is 6.45. The highest BCUT2D eigenvalue weighted by atomic mass is 16.2. The lowest BCUT2D eigenvalue weighted by Crippen LogP contribution is -2.53. The molecule has 2 aliphatic rings. The molecule has 0 N–H and O–H groups in total. The number of aryl methyl sites for hydroxylation is 1. The molecule has 7 heteroatoms. The number of carbonyl (C=O) groups excluding carboxylic acids is 1. The van der Waals surface area contributed by atoms with Gasteiger partial charge >= 0.3 is 0 Å². The minimum atomic E-state index is -0.0579. The molecule has 0 radical (unpaired) electrons. The molecule has 1 amide bonds. The van der Waals surface area contributed by atoms with Gasteiger partial charge in [-0.3, -0.25) is 14.5 Å². The Morgan fingerprint density at radius 3 is 2.60 bits per heavy atom. The van der Waals surface area contributed by atoms with Crippen LogP contribution in [0.2, 0.25) is 0 Å². The molecular weight excluding hydrogens is 378 g/mol. The van der Waals surface area contributed by atoms with E-state index in [2.05, 4.69) is 11.8 Å². The van der Waals surface area contributed by atoms with E-state index in [0.29, 0.717) is 18.9 Å². The fourth-order valence-electron chi connectivity index (χ4n) is 4.84. The van der Waals surface area contributed by atoms with Crippen LogP contribution in [0.1, 0.15) is 33.1 Å². The molecule has 162 valence electrons. The maximum absolute atomic E-state index is 13.2. The Morgan fingerprint density at radius 1 is 1.10 bits per heavy atom. The number of piperazine rings is 1. The van der Waals surface area contributed by atoms with Crippen LogP contribution in [0.4, 0.5) is 5.82 Å². The van der Waals surface area contributed by atoms with Crippen molar-refractivity contribution in [2.24, 2.45) is 5.92 Å². The van der Waals surface area contributed by atoms with Gasteiger partial charge in [-0.25, -0.2) is 4.98 Å². The maximum Gasteiger partial charge on any atom is 0.293 e. The average molecular weight is 412 g/mol. The average Bonchev–Trinajstić information content (AvgIpc) is 2.79. The Morgan fingerprint density at radius 2 is 1.87 bits per heavy atom. The first-order valence-electron chi connectivity index (χ1n) is 11.4. The third kappa shape index (κ3) is 4.08. The highest BCUT2D eigenvalue weighted by Crippen LogP contribution is 2.23. The number of anilines is 1. The van der Waals surface area contributed by atoms with Crippen LogP contribution >= 0.6 is 0 Å². The summed E-state index contributed by atoms with van der Waals surface area (Å²) >= 11 is 0. The summed E-state index contributed by atoms with van der Waals surface area (Å²) in [4.78, 5) is 37.5. The van der Waals surface area contributed by atoms with E-state index in [-0.39, 0.29) is 17.4 Å². The van der Waals surface area contributed by atoms with Crippen molar-refractivity contribution in [1.82, 2.24) is 19.4 Å². The van der Waals surface area contributed by atoms with E-state index in [9.17, 15) is 9.59 Å². The zero-order valence-electron chi connectivity index (χ0n) is 18.2. The molecule has 1 atom stereocenters. The number of hydrogen-bond acceptors (Lipinski definition) is 5. The van der Waals surface area contributed by atoms with Gasteiger partial charge in [-0.2, -0.15) is 0 Å². The van der Waals surface area contributed by atoms with Gasteiger partial charge in [0.05, 0.1) is 17.0 Å². The number of carbonyl (C=O) groups is 1. The van der Waals surface area contributed by atoms with E-state index >= 15 is 0 Å². The number of aromatic nitrogens is 2. The van der Waals surface area contributed by atoms with Crippen LogP contribution in [-0.2, 0) is 11.3 Å². The molecule has 3 heterocycles. The van der Waals surface area contributed by atoms with Gasteiger partial charge in [0.1, 0.15) is 0 Å². The van der Waals surface area contributed by atoms with Gasteiger partial charge in [0.25, 0.3) is 5.56 Å². The number of hydrogen-bond donors (Lipinski definition) is 0. The Balaban J connectivity index is 1.51. The van der Waals surface area contributed by atoms with Crippen LogP contribution < -0.4 is 10.5 Å². The van der Waals surface area contributed by atoms with E-state index in [4.69, 9.17) is 4.98 Å². The summed E-state index contributed by atoms with van der Waals surface area (Å²) in [6, 6.07) is 7.78. The summed E-state index contributed by atoms with van der Waals surface area (Å²) in [5.41, 5.74) is 1.63. The van der Waals surface area contributed by atoms with Crippen molar-refractivity contribution in [2.75, 3.05) is 50.7 Å². The minimum absolute atomic E-state index is 0.0563. The largest absolute Gasteiger partial charge is 0.351 e. The van der Waals surface area contributed by atoms with Crippen LogP contribution in [0.25, 0.3) is 11.0 Å². The van der Waals surface area contributed by atoms with E-state index in [0.717, 1.165) is 69.6 Å². The van der Waals surface area contributed by atoms with Crippen molar-refractivity contribution in [1.29, 1.82) is 0 Å². The van der Waals surface area contributed by atoms with Crippen molar-refractivity contribution < 1.29 is 4.79 Å². The molecule has 2 aromatic rings. The summed E-state index contributed by atoms with van der Waals surface area (Å²) in [5.74, 6) is 0.674. The van der Waals surface area contributed by atoms with Crippen LogP contribution in [0.3, 0.4) is 0 Å². The van der Waals surface area contributed by atoms with Gasteiger partial charge in [-0.15, -0.1) is 0 Å². The molecule has 0 bridgehead atoms. The summed E-state index contributed by atoms with van der Waals surface area (Å²) in [6.45, 7) is 10.8. The fraction of sp³-hybridized carbons (Fsp3) is 0.609. The third-order valence-corrected chi connectivity index (χ3v) is 6.45. The molecule has 2 saturated heterocycles. The van der Waals surface area contributed by atoms with E-state index in [1.165, 1.54) is 0 Å². The molecule has 1 aromatic heterocycles. The normalized spacial score (nSPS) is 20.7. The number of amides is 1. The van der Waals surface area contributed by atoms with Crippen LogP contribution in [0.15, 0.2) is 29.1 Å². The van der Waals surface area contributed by atoms with Gasteiger partial charge in [-0.05, 0) is 44.9 Å². The smallest absolute Gasteiger partial charge is 0.293 e.